The maximum atomic E-state index is 10.9. The lowest BCUT2D eigenvalue weighted by Gasteiger charge is -2.14. The predicted molar refractivity (Wildman–Crippen MR) is 64.3 cm³/mol. The Morgan fingerprint density at radius 1 is 1.47 bits per heavy atom. The number of hydrogen-bond donors (Lipinski definition) is 1. The van der Waals surface area contributed by atoms with Crippen LogP contribution in [0.2, 0.25) is 0 Å². The molecule has 2 unspecified atom stereocenters. The van der Waals surface area contributed by atoms with Gasteiger partial charge in [0.15, 0.2) is 0 Å². The van der Waals surface area contributed by atoms with Crippen LogP contribution in [0, 0.1) is 11.8 Å². The van der Waals surface area contributed by atoms with Gasteiger partial charge in [-0.05, 0) is 37.3 Å². The first-order chi connectivity index (χ1) is 7.15. The minimum absolute atomic E-state index is 0.148. The second-order valence-corrected chi connectivity index (χ2v) is 5.37. The highest BCUT2D eigenvalue weighted by Crippen LogP contribution is 2.23. The number of aliphatic carboxylic acids is 1. The Hall–Kier alpha value is -0.220. The fraction of sp³-hybridized carbons (Fsp3) is 0.909. The monoisotopic (exact) mass is 231 g/mol. The summed E-state index contributed by atoms with van der Waals surface area (Å²) in [7, 11) is 0. The van der Waals surface area contributed by atoms with Crippen LogP contribution in [0.25, 0.3) is 0 Å². The number of carboxylic acid groups (broad SMARTS) is 1. The predicted octanol–water partition coefficient (Wildman–Crippen LogP) is 1.78. The molecule has 1 heterocycles. The van der Waals surface area contributed by atoms with Crippen LogP contribution in [0.15, 0.2) is 0 Å². The van der Waals surface area contributed by atoms with Crippen molar-refractivity contribution in [2.24, 2.45) is 11.8 Å². The third-order valence-electron chi connectivity index (χ3n) is 3.08. The molecular formula is C11H21NO2S. The van der Waals surface area contributed by atoms with Crippen LogP contribution in [0.4, 0.5) is 0 Å². The fourth-order valence-electron chi connectivity index (χ4n) is 2.15. The van der Waals surface area contributed by atoms with Gasteiger partial charge in [0.2, 0.25) is 0 Å². The number of unbranched alkanes of at least 4 members (excludes halogenated alkanes) is 1. The van der Waals surface area contributed by atoms with Crippen molar-refractivity contribution in [3.63, 3.8) is 0 Å². The van der Waals surface area contributed by atoms with Crippen molar-refractivity contribution in [1.29, 1.82) is 0 Å². The zero-order valence-electron chi connectivity index (χ0n) is 9.61. The molecule has 1 aliphatic heterocycles. The Balaban J connectivity index is 2.20. The maximum absolute atomic E-state index is 10.9. The first kappa shape index (κ1) is 12.8. The molecule has 1 rings (SSSR count). The zero-order chi connectivity index (χ0) is 11.3. The van der Waals surface area contributed by atoms with Gasteiger partial charge in [-0.2, -0.15) is 11.8 Å². The van der Waals surface area contributed by atoms with Crippen LogP contribution in [-0.2, 0) is 4.79 Å². The van der Waals surface area contributed by atoms with Gasteiger partial charge in [-0.15, -0.1) is 0 Å². The van der Waals surface area contributed by atoms with Gasteiger partial charge in [-0.3, -0.25) is 4.79 Å². The molecule has 3 nitrogen and oxygen atoms in total. The maximum Gasteiger partial charge on any atom is 0.308 e. The minimum Gasteiger partial charge on any atom is -0.481 e. The highest BCUT2D eigenvalue weighted by atomic mass is 32.2. The van der Waals surface area contributed by atoms with Crippen LogP contribution in [0.5, 0.6) is 0 Å². The summed E-state index contributed by atoms with van der Waals surface area (Å²) < 4.78 is 0. The second-order valence-electron chi connectivity index (χ2n) is 4.38. The molecule has 88 valence electrons. The fourth-order valence-corrected chi connectivity index (χ4v) is 2.65. The standard InChI is InChI=1S/C11H21NO2S/c1-9-7-12(5-3-4-6-15-2)8-10(9)11(13)14/h9-10H,3-8H2,1-2H3,(H,13,14). The van der Waals surface area contributed by atoms with Crippen LogP contribution in [0.1, 0.15) is 19.8 Å². The van der Waals surface area contributed by atoms with Crippen molar-refractivity contribution in [3.8, 4) is 0 Å². The lowest BCUT2D eigenvalue weighted by atomic mass is 9.99. The summed E-state index contributed by atoms with van der Waals surface area (Å²) in [6.45, 7) is 4.81. The van der Waals surface area contributed by atoms with Gasteiger partial charge in [0.25, 0.3) is 0 Å². The van der Waals surface area contributed by atoms with Gasteiger partial charge >= 0.3 is 5.97 Å². The molecule has 0 saturated carbocycles. The topological polar surface area (TPSA) is 40.5 Å². The number of carboxylic acids is 1. The lowest BCUT2D eigenvalue weighted by Crippen LogP contribution is -2.24. The Morgan fingerprint density at radius 2 is 2.20 bits per heavy atom. The molecule has 0 aliphatic carbocycles. The van der Waals surface area contributed by atoms with Crippen molar-refractivity contribution in [3.05, 3.63) is 0 Å². The molecular weight excluding hydrogens is 210 g/mol. The van der Waals surface area contributed by atoms with Gasteiger partial charge in [0.1, 0.15) is 0 Å². The largest absolute Gasteiger partial charge is 0.481 e. The molecule has 4 heteroatoms. The van der Waals surface area contributed by atoms with Gasteiger partial charge in [0.05, 0.1) is 5.92 Å². The summed E-state index contributed by atoms with van der Waals surface area (Å²) in [5.74, 6) is 0.744. The first-order valence-corrected chi connectivity index (χ1v) is 6.98. The second kappa shape index (κ2) is 6.38. The van der Waals surface area contributed by atoms with Gasteiger partial charge in [-0.1, -0.05) is 6.92 Å². The molecule has 0 amide bonds. The molecule has 1 N–H and O–H groups in total. The zero-order valence-corrected chi connectivity index (χ0v) is 10.4. The van der Waals surface area contributed by atoms with E-state index in [1.165, 1.54) is 18.6 Å². The van der Waals surface area contributed by atoms with Crippen molar-refractivity contribution in [2.45, 2.75) is 19.8 Å². The van der Waals surface area contributed by atoms with E-state index in [0.717, 1.165) is 19.6 Å². The number of rotatable bonds is 6. The van der Waals surface area contributed by atoms with E-state index in [1.807, 2.05) is 18.7 Å². The molecule has 0 aromatic rings. The number of hydrogen-bond acceptors (Lipinski definition) is 3. The molecule has 1 saturated heterocycles. The van der Waals surface area contributed by atoms with Crippen LogP contribution >= 0.6 is 11.8 Å². The molecule has 0 aromatic carbocycles. The Kier molecular flexibility index (Phi) is 5.47. The molecule has 2 atom stereocenters. The molecule has 15 heavy (non-hydrogen) atoms. The van der Waals surface area contributed by atoms with E-state index in [2.05, 4.69) is 11.2 Å². The summed E-state index contributed by atoms with van der Waals surface area (Å²) in [4.78, 5) is 13.2. The average Bonchev–Trinajstić information content (AvgIpc) is 2.55. The Bertz CT molecular complexity index is 211. The van der Waals surface area contributed by atoms with Crippen molar-refractivity contribution >= 4 is 17.7 Å². The quantitative estimate of drug-likeness (QED) is 0.707. The van der Waals surface area contributed by atoms with Gasteiger partial charge in [0, 0.05) is 13.1 Å². The Labute approximate surface area is 96.2 Å². The average molecular weight is 231 g/mol. The molecule has 0 radical (unpaired) electrons. The summed E-state index contributed by atoms with van der Waals surface area (Å²) in [5, 5.41) is 8.98. The molecule has 0 bridgehead atoms. The normalized spacial score (nSPS) is 27.1. The number of nitrogens with zero attached hydrogens (tertiary/aromatic N) is 1. The van der Waals surface area contributed by atoms with E-state index in [4.69, 9.17) is 5.11 Å². The lowest BCUT2D eigenvalue weighted by molar-refractivity contribution is -0.142. The van der Waals surface area contributed by atoms with Crippen molar-refractivity contribution in [2.75, 3.05) is 31.6 Å². The molecule has 0 spiro atoms. The van der Waals surface area contributed by atoms with Crippen molar-refractivity contribution in [1.82, 2.24) is 4.90 Å². The van der Waals surface area contributed by atoms with Gasteiger partial charge in [-0.25, -0.2) is 0 Å². The van der Waals surface area contributed by atoms with E-state index in [0.29, 0.717) is 5.92 Å². The first-order valence-electron chi connectivity index (χ1n) is 5.59. The van der Waals surface area contributed by atoms with E-state index in [1.54, 1.807) is 0 Å². The highest BCUT2D eigenvalue weighted by molar-refractivity contribution is 7.98. The smallest absolute Gasteiger partial charge is 0.308 e. The number of likely N-dealkylation sites (tertiary alicyclic amines) is 1. The third-order valence-corrected chi connectivity index (χ3v) is 3.77. The number of thioether (sulfide) groups is 1. The SMILES string of the molecule is CSCCCCN1CC(C)C(C(=O)O)C1. The molecule has 0 aromatic heterocycles. The summed E-state index contributed by atoms with van der Waals surface area (Å²) >= 11 is 1.88. The highest BCUT2D eigenvalue weighted by Gasteiger charge is 2.33. The van der Waals surface area contributed by atoms with Crippen molar-refractivity contribution < 1.29 is 9.90 Å². The van der Waals surface area contributed by atoms with Crippen LogP contribution in [-0.4, -0.2) is 47.6 Å². The minimum atomic E-state index is -0.630. The van der Waals surface area contributed by atoms with E-state index < -0.39 is 5.97 Å². The third kappa shape index (κ3) is 4.03. The molecule has 1 fully saturated rings. The van der Waals surface area contributed by atoms with Crippen LogP contribution in [0.3, 0.4) is 0 Å². The van der Waals surface area contributed by atoms with Crippen LogP contribution < -0.4 is 0 Å². The summed E-state index contributed by atoms with van der Waals surface area (Å²) in [6, 6.07) is 0. The Morgan fingerprint density at radius 3 is 2.73 bits per heavy atom. The van der Waals surface area contributed by atoms with Gasteiger partial charge < -0.3 is 10.0 Å². The number of carbonyl (C=O) groups is 1. The molecule has 1 aliphatic rings. The van der Waals surface area contributed by atoms with E-state index >= 15 is 0 Å². The van der Waals surface area contributed by atoms with E-state index in [-0.39, 0.29) is 5.92 Å². The summed E-state index contributed by atoms with van der Waals surface area (Å²) in [5.41, 5.74) is 0. The summed E-state index contributed by atoms with van der Waals surface area (Å²) in [6.07, 6.45) is 4.56. The van der Waals surface area contributed by atoms with E-state index in [9.17, 15) is 4.79 Å².